The molecule has 8 nitrogen and oxygen atoms in total. The van der Waals surface area contributed by atoms with Crippen molar-refractivity contribution < 1.29 is 19.1 Å². The lowest BCUT2D eigenvalue weighted by molar-refractivity contribution is -0.156. The molecular weight excluding hydrogens is 392 g/mol. The molecule has 3 rings (SSSR count). The minimum absolute atomic E-state index is 0.154. The van der Waals surface area contributed by atoms with Crippen LogP contribution in [0.5, 0.6) is 0 Å². The maximum atomic E-state index is 12.0. The molecule has 0 aliphatic carbocycles. The van der Waals surface area contributed by atoms with Crippen molar-refractivity contribution in [3.05, 3.63) is 22.9 Å². The highest BCUT2D eigenvalue weighted by molar-refractivity contribution is 8.18. The molecule has 2 aliphatic rings. The topological polar surface area (TPSA) is 92.7 Å². The first-order valence-electron chi connectivity index (χ1n) is 9.64. The second kappa shape index (κ2) is 8.52. The average Bonchev–Trinajstić information content (AvgIpc) is 2.88. The SMILES string of the molecule is CN1C(=O)SC(=Cc2ccnc(N3CCC(CC(=O)OC(C)(C)C)CC3)n2)C1=O. The maximum absolute atomic E-state index is 12.0. The third-order valence-corrected chi connectivity index (χ3v) is 5.66. The average molecular weight is 419 g/mol. The Bertz CT molecular complexity index is 841. The predicted molar refractivity (Wildman–Crippen MR) is 111 cm³/mol. The molecule has 2 amide bonds. The molecule has 0 spiro atoms. The highest BCUT2D eigenvalue weighted by Crippen LogP contribution is 2.31. The highest BCUT2D eigenvalue weighted by Gasteiger charge is 2.32. The highest BCUT2D eigenvalue weighted by atomic mass is 32.2. The number of nitrogens with zero attached hydrogens (tertiary/aromatic N) is 4. The van der Waals surface area contributed by atoms with Gasteiger partial charge < -0.3 is 9.64 Å². The third kappa shape index (κ3) is 5.56. The van der Waals surface area contributed by atoms with Gasteiger partial charge in [0, 0.05) is 32.8 Å². The van der Waals surface area contributed by atoms with E-state index < -0.39 is 5.60 Å². The maximum Gasteiger partial charge on any atom is 0.306 e. The zero-order valence-electron chi connectivity index (χ0n) is 17.2. The number of imide groups is 1. The van der Waals surface area contributed by atoms with Crippen molar-refractivity contribution in [1.29, 1.82) is 0 Å². The van der Waals surface area contributed by atoms with Crippen molar-refractivity contribution >= 4 is 40.9 Å². The quantitative estimate of drug-likeness (QED) is 0.544. The first-order chi connectivity index (χ1) is 13.6. The minimum Gasteiger partial charge on any atom is -0.460 e. The van der Waals surface area contributed by atoms with Gasteiger partial charge in [0.2, 0.25) is 5.95 Å². The standard InChI is InChI=1S/C20H26N4O4S/c1-20(2,3)28-16(25)11-13-6-9-24(10-7-13)18-21-8-5-14(22-18)12-15-17(26)23(4)19(27)29-15/h5,8,12-13H,6-7,9-11H2,1-4H3. The van der Waals surface area contributed by atoms with Gasteiger partial charge in [-0.2, -0.15) is 0 Å². The van der Waals surface area contributed by atoms with Crippen molar-refractivity contribution in [2.45, 2.75) is 45.6 Å². The number of amides is 2. The molecule has 0 aromatic carbocycles. The number of carbonyl (C=O) groups excluding carboxylic acids is 3. The predicted octanol–water partition coefficient (Wildman–Crippen LogP) is 3.09. The Balaban J connectivity index is 1.59. The largest absolute Gasteiger partial charge is 0.460 e. The summed E-state index contributed by atoms with van der Waals surface area (Å²) in [6.45, 7) is 7.13. The lowest BCUT2D eigenvalue weighted by Gasteiger charge is -2.32. The van der Waals surface area contributed by atoms with Gasteiger partial charge in [-0.3, -0.25) is 19.3 Å². The molecule has 0 N–H and O–H groups in total. The number of piperidine rings is 1. The summed E-state index contributed by atoms with van der Waals surface area (Å²) < 4.78 is 5.41. The number of carbonyl (C=O) groups is 3. The Morgan fingerprint density at radius 2 is 2.00 bits per heavy atom. The van der Waals surface area contributed by atoms with Gasteiger partial charge in [-0.15, -0.1) is 0 Å². The van der Waals surface area contributed by atoms with Crippen LogP contribution in [0.2, 0.25) is 0 Å². The number of aromatic nitrogens is 2. The molecular formula is C20H26N4O4S. The molecule has 1 aromatic rings. The van der Waals surface area contributed by atoms with E-state index >= 15 is 0 Å². The van der Waals surface area contributed by atoms with E-state index in [1.165, 1.54) is 7.05 Å². The molecule has 0 unspecified atom stereocenters. The van der Waals surface area contributed by atoms with E-state index in [0.717, 1.165) is 42.6 Å². The molecule has 2 aliphatic heterocycles. The van der Waals surface area contributed by atoms with Gasteiger partial charge in [0.25, 0.3) is 11.1 Å². The molecule has 0 bridgehead atoms. The van der Waals surface area contributed by atoms with Crippen molar-refractivity contribution in [3.8, 4) is 0 Å². The molecule has 0 saturated carbocycles. The van der Waals surface area contributed by atoms with Crippen LogP contribution in [0.25, 0.3) is 6.08 Å². The molecule has 2 saturated heterocycles. The first kappa shape index (κ1) is 21.3. The van der Waals surface area contributed by atoms with Gasteiger partial charge in [0.05, 0.1) is 10.6 Å². The summed E-state index contributed by atoms with van der Waals surface area (Å²) in [6, 6.07) is 1.71. The summed E-state index contributed by atoms with van der Waals surface area (Å²) in [6.07, 6.45) is 5.42. The molecule has 1 aromatic heterocycles. The van der Waals surface area contributed by atoms with Gasteiger partial charge in [0.1, 0.15) is 5.60 Å². The fraction of sp³-hybridized carbons (Fsp3) is 0.550. The van der Waals surface area contributed by atoms with E-state index in [2.05, 4.69) is 14.9 Å². The van der Waals surface area contributed by atoms with E-state index in [0.29, 0.717) is 28.9 Å². The Kier molecular flexibility index (Phi) is 6.26. The fourth-order valence-corrected chi connectivity index (χ4v) is 4.04. The number of hydrogen-bond donors (Lipinski definition) is 0. The van der Waals surface area contributed by atoms with Crippen LogP contribution in [-0.2, 0) is 14.3 Å². The van der Waals surface area contributed by atoms with Crippen molar-refractivity contribution in [2.75, 3.05) is 25.0 Å². The smallest absolute Gasteiger partial charge is 0.306 e. The van der Waals surface area contributed by atoms with E-state index in [4.69, 9.17) is 4.74 Å². The van der Waals surface area contributed by atoms with E-state index in [1.54, 1.807) is 18.3 Å². The Labute approximate surface area is 174 Å². The molecule has 3 heterocycles. The molecule has 9 heteroatoms. The number of likely N-dealkylation sites (N-methyl/N-ethyl adjacent to an activating group) is 1. The number of esters is 1. The van der Waals surface area contributed by atoms with Crippen molar-refractivity contribution in [2.24, 2.45) is 5.92 Å². The van der Waals surface area contributed by atoms with Gasteiger partial charge in [-0.25, -0.2) is 9.97 Å². The number of ether oxygens (including phenoxy) is 1. The first-order valence-corrected chi connectivity index (χ1v) is 10.5. The minimum atomic E-state index is -0.459. The summed E-state index contributed by atoms with van der Waals surface area (Å²) >= 11 is 0.908. The Morgan fingerprint density at radius 1 is 1.31 bits per heavy atom. The summed E-state index contributed by atoms with van der Waals surface area (Å²) in [5.74, 6) is 0.410. The van der Waals surface area contributed by atoms with Crippen LogP contribution >= 0.6 is 11.8 Å². The summed E-state index contributed by atoms with van der Waals surface area (Å²) in [7, 11) is 1.46. The van der Waals surface area contributed by atoms with Crippen LogP contribution in [0.1, 0.15) is 45.7 Å². The molecule has 29 heavy (non-hydrogen) atoms. The van der Waals surface area contributed by atoms with Crippen LogP contribution in [0.4, 0.5) is 10.7 Å². The lowest BCUT2D eigenvalue weighted by Crippen LogP contribution is -2.36. The second-order valence-electron chi connectivity index (χ2n) is 8.24. The van der Waals surface area contributed by atoms with Crippen LogP contribution in [0.15, 0.2) is 17.2 Å². The van der Waals surface area contributed by atoms with Gasteiger partial charge in [-0.1, -0.05) is 0 Å². The van der Waals surface area contributed by atoms with Crippen molar-refractivity contribution in [3.63, 3.8) is 0 Å². The summed E-state index contributed by atoms with van der Waals surface area (Å²) in [4.78, 5) is 48.1. The normalized spacial score (nSPS) is 19.9. The number of thioether (sulfide) groups is 1. The molecule has 0 atom stereocenters. The van der Waals surface area contributed by atoms with Crippen LogP contribution in [0.3, 0.4) is 0 Å². The summed E-state index contributed by atoms with van der Waals surface area (Å²) in [5.41, 5.74) is 0.128. The number of hydrogen-bond acceptors (Lipinski definition) is 8. The third-order valence-electron chi connectivity index (χ3n) is 4.70. The van der Waals surface area contributed by atoms with Gasteiger partial charge in [0.15, 0.2) is 0 Å². The lowest BCUT2D eigenvalue weighted by atomic mass is 9.93. The Hall–Kier alpha value is -2.42. The molecule has 2 fully saturated rings. The van der Waals surface area contributed by atoms with Crippen molar-refractivity contribution in [1.82, 2.24) is 14.9 Å². The van der Waals surface area contributed by atoms with Crippen LogP contribution < -0.4 is 4.90 Å². The number of anilines is 1. The van der Waals surface area contributed by atoms with E-state index in [-0.39, 0.29) is 17.1 Å². The zero-order valence-corrected chi connectivity index (χ0v) is 18.0. The summed E-state index contributed by atoms with van der Waals surface area (Å²) in [5, 5.41) is -0.289. The fourth-order valence-electron chi connectivity index (χ4n) is 3.23. The van der Waals surface area contributed by atoms with Crippen LogP contribution in [0, 0.1) is 5.92 Å². The molecule has 156 valence electrons. The number of rotatable bonds is 4. The van der Waals surface area contributed by atoms with E-state index in [9.17, 15) is 14.4 Å². The molecule has 0 radical (unpaired) electrons. The van der Waals surface area contributed by atoms with E-state index in [1.807, 2.05) is 20.8 Å². The zero-order chi connectivity index (χ0) is 21.2. The van der Waals surface area contributed by atoms with Crippen LogP contribution in [-0.4, -0.2) is 57.7 Å². The van der Waals surface area contributed by atoms with Gasteiger partial charge >= 0.3 is 5.97 Å². The Morgan fingerprint density at radius 3 is 2.59 bits per heavy atom. The van der Waals surface area contributed by atoms with Gasteiger partial charge in [-0.05, 0) is 63.4 Å². The second-order valence-corrected chi connectivity index (χ2v) is 9.24. The monoisotopic (exact) mass is 418 g/mol.